The molecule has 1 aliphatic rings. The van der Waals surface area contributed by atoms with Crippen molar-refractivity contribution in [3.05, 3.63) is 22.7 Å². The number of carbonyl (C=O) groups is 1. The van der Waals surface area contributed by atoms with Crippen LogP contribution in [0.3, 0.4) is 0 Å². The maximum atomic E-state index is 12.2. The Bertz CT molecular complexity index is 815. The number of amides is 1. The molecule has 0 spiro atoms. The molecule has 1 amide bonds. The van der Waals surface area contributed by atoms with Crippen LogP contribution in [0.1, 0.15) is 12.8 Å². The summed E-state index contributed by atoms with van der Waals surface area (Å²) in [6.07, 6.45) is 3.33. The molecule has 3 rings (SSSR count). The van der Waals surface area contributed by atoms with E-state index in [0.29, 0.717) is 24.3 Å². The molecule has 0 atom stereocenters. The number of fused-ring (bicyclic) bond motifs is 1. The van der Waals surface area contributed by atoms with E-state index in [1.54, 1.807) is 4.57 Å². The van der Waals surface area contributed by atoms with E-state index in [2.05, 4.69) is 25.2 Å². The molecule has 0 aliphatic carbocycles. The third-order valence-electron chi connectivity index (χ3n) is 4.30. The van der Waals surface area contributed by atoms with Gasteiger partial charge in [0.1, 0.15) is 5.52 Å². The number of piperidine rings is 1. The molecule has 2 aromatic rings. The highest BCUT2D eigenvalue weighted by Crippen LogP contribution is 2.12. The number of hydrogen-bond donors (Lipinski definition) is 2. The lowest BCUT2D eigenvalue weighted by Gasteiger charge is -2.31. The number of carboxylic acid groups (broad SMARTS) is 1. The Hall–Kier alpha value is -2.75. The predicted octanol–water partition coefficient (Wildman–Crippen LogP) is -0.0729. The third kappa shape index (κ3) is 4.02. The van der Waals surface area contributed by atoms with Gasteiger partial charge < -0.3 is 20.1 Å². The molecule has 1 aliphatic heterocycles. The minimum atomic E-state index is -0.984. The Kier molecular flexibility index (Phi) is 5.08. The van der Waals surface area contributed by atoms with Gasteiger partial charge in [0, 0.05) is 32.2 Å². The van der Waals surface area contributed by atoms with Gasteiger partial charge in [-0.15, -0.1) is 0 Å². The normalized spacial score (nSPS) is 16.0. The van der Waals surface area contributed by atoms with Gasteiger partial charge in [-0.05, 0) is 12.8 Å². The zero-order chi connectivity index (χ0) is 17.8. The molecule has 3 heterocycles. The number of likely N-dealkylation sites (tertiary alicyclic amines) is 1. The molecule has 10 heteroatoms. The minimum absolute atomic E-state index is 0.00442. The van der Waals surface area contributed by atoms with Crippen molar-refractivity contribution >= 4 is 17.3 Å². The van der Waals surface area contributed by atoms with Gasteiger partial charge in [0.05, 0.1) is 19.5 Å². The highest BCUT2D eigenvalue weighted by Gasteiger charge is 2.20. The molecular weight excluding hydrogens is 328 g/mol. The van der Waals surface area contributed by atoms with Crippen LogP contribution in [0.15, 0.2) is 17.2 Å². The van der Waals surface area contributed by atoms with Crippen molar-refractivity contribution in [3.8, 4) is 6.01 Å². The summed E-state index contributed by atoms with van der Waals surface area (Å²) in [5, 5.41) is 11.3. The van der Waals surface area contributed by atoms with Crippen LogP contribution in [-0.4, -0.2) is 68.4 Å². The van der Waals surface area contributed by atoms with E-state index in [-0.39, 0.29) is 17.6 Å². The molecule has 0 unspecified atom stereocenters. The summed E-state index contributed by atoms with van der Waals surface area (Å²) in [7, 11) is 1.47. The molecule has 134 valence electrons. The van der Waals surface area contributed by atoms with Crippen molar-refractivity contribution in [1.82, 2.24) is 29.7 Å². The van der Waals surface area contributed by atoms with Gasteiger partial charge in [-0.1, -0.05) is 0 Å². The first-order chi connectivity index (χ1) is 12.1. The second-order valence-electron chi connectivity index (χ2n) is 5.88. The molecule has 25 heavy (non-hydrogen) atoms. The first kappa shape index (κ1) is 17.1. The van der Waals surface area contributed by atoms with E-state index in [1.807, 2.05) is 0 Å². The second-order valence-corrected chi connectivity index (χ2v) is 5.88. The minimum Gasteiger partial charge on any atom is -0.467 e. The summed E-state index contributed by atoms with van der Waals surface area (Å²) in [6, 6.07) is 0.185. The molecule has 0 radical (unpaired) electrons. The maximum absolute atomic E-state index is 12.2. The standard InChI is InChI=1S/C15H20N6O4/c1-25-14-17-8-11-13(19-14)21(12(22)9-16-11)7-6-20-4-2-10(3-5-20)18-15(23)24/h8-10,18H,2-7H2,1H3,(H,23,24). The smallest absolute Gasteiger partial charge is 0.404 e. The molecule has 1 saturated heterocycles. The van der Waals surface area contributed by atoms with Gasteiger partial charge in [0.25, 0.3) is 5.56 Å². The van der Waals surface area contributed by atoms with Gasteiger partial charge in [0.2, 0.25) is 0 Å². The summed E-state index contributed by atoms with van der Waals surface area (Å²) in [5.41, 5.74) is 0.752. The lowest BCUT2D eigenvalue weighted by atomic mass is 10.1. The number of hydrogen-bond acceptors (Lipinski definition) is 7. The molecule has 10 nitrogen and oxygen atoms in total. The fraction of sp³-hybridized carbons (Fsp3) is 0.533. The summed E-state index contributed by atoms with van der Waals surface area (Å²) >= 11 is 0. The Balaban J connectivity index is 1.68. The quantitative estimate of drug-likeness (QED) is 0.770. The van der Waals surface area contributed by atoms with Crippen LogP contribution < -0.4 is 15.6 Å². The molecule has 0 aromatic carbocycles. The van der Waals surface area contributed by atoms with E-state index in [4.69, 9.17) is 9.84 Å². The first-order valence-corrected chi connectivity index (χ1v) is 8.05. The highest BCUT2D eigenvalue weighted by atomic mass is 16.5. The number of methoxy groups -OCH3 is 1. The van der Waals surface area contributed by atoms with E-state index in [9.17, 15) is 9.59 Å². The van der Waals surface area contributed by atoms with E-state index in [0.717, 1.165) is 25.9 Å². The number of ether oxygens (including phenoxy) is 1. The molecule has 2 aromatic heterocycles. The highest BCUT2D eigenvalue weighted by molar-refractivity contribution is 5.68. The predicted molar refractivity (Wildman–Crippen MR) is 88.8 cm³/mol. The Morgan fingerprint density at radius 2 is 2.08 bits per heavy atom. The van der Waals surface area contributed by atoms with Crippen molar-refractivity contribution in [2.24, 2.45) is 0 Å². The van der Waals surface area contributed by atoms with E-state index < -0.39 is 6.09 Å². The number of nitrogens with one attached hydrogen (secondary N) is 1. The lowest BCUT2D eigenvalue weighted by molar-refractivity contribution is 0.166. The van der Waals surface area contributed by atoms with Gasteiger partial charge in [0.15, 0.2) is 5.65 Å². The van der Waals surface area contributed by atoms with E-state index >= 15 is 0 Å². The molecule has 0 saturated carbocycles. The molecular formula is C15H20N6O4. The molecule has 0 bridgehead atoms. The van der Waals surface area contributed by atoms with Crippen LogP contribution in [0, 0.1) is 0 Å². The van der Waals surface area contributed by atoms with E-state index in [1.165, 1.54) is 19.5 Å². The average molecular weight is 348 g/mol. The van der Waals surface area contributed by atoms with Gasteiger partial charge >= 0.3 is 12.1 Å². The first-order valence-electron chi connectivity index (χ1n) is 8.05. The summed E-state index contributed by atoms with van der Waals surface area (Å²) in [6.45, 7) is 2.70. The Labute approximate surface area is 143 Å². The van der Waals surface area contributed by atoms with Gasteiger partial charge in [-0.3, -0.25) is 9.36 Å². The lowest BCUT2D eigenvalue weighted by Crippen LogP contribution is -2.45. The summed E-state index contributed by atoms with van der Waals surface area (Å²) in [4.78, 5) is 37.4. The van der Waals surface area contributed by atoms with Crippen molar-refractivity contribution in [1.29, 1.82) is 0 Å². The Morgan fingerprint density at radius 3 is 2.76 bits per heavy atom. The summed E-state index contributed by atoms with van der Waals surface area (Å²) < 4.78 is 6.59. The van der Waals surface area contributed by atoms with Gasteiger partial charge in [-0.2, -0.15) is 4.98 Å². The zero-order valence-electron chi connectivity index (χ0n) is 13.9. The van der Waals surface area contributed by atoms with Crippen LogP contribution in [-0.2, 0) is 6.54 Å². The van der Waals surface area contributed by atoms with Crippen molar-refractivity contribution in [2.45, 2.75) is 25.4 Å². The SMILES string of the molecule is COc1ncc2ncc(=O)n(CCN3CCC(NC(=O)O)CC3)c2n1. The van der Waals surface area contributed by atoms with Crippen LogP contribution >= 0.6 is 0 Å². The van der Waals surface area contributed by atoms with Crippen LogP contribution in [0.25, 0.3) is 11.2 Å². The van der Waals surface area contributed by atoms with Crippen LogP contribution in [0.5, 0.6) is 6.01 Å². The molecule has 2 N–H and O–H groups in total. The van der Waals surface area contributed by atoms with Crippen molar-refractivity contribution < 1.29 is 14.6 Å². The second kappa shape index (κ2) is 7.43. The Morgan fingerprint density at radius 1 is 1.32 bits per heavy atom. The fourth-order valence-electron chi connectivity index (χ4n) is 2.97. The monoisotopic (exact) mass is 348 g/mol. The van der Waals surface area contributed by atoms with Gasteiger partial charge in [-0.25, -0.2) is 14.8 Å². The van der Waals surface area contributed by atoms with Crippen LogP contribution in [0.2, 0.25) is 0 Å². The van der Waals surface area contributed by atoms with Crippen molar-refractivity contribution in [2.75, 3.05) is 26.7 Å². The average Bonchev–Trinajstić information content (AvgIpc) is 2.61. The van der Waals surface area contributed by atoms with Crippen molar-refractivity contribution in [3.63, 3.8) is 0 Å². The maximum Gasteiger partial charge on any atom is 0.404 e. The topological polar surface area (TPSA) is 122 Å². The number of rotatable bonds is 5. The largest absolute Gasteiger partial charge is 0.467 e. The zero-order valence-corrected chi connectivity index (χ0v) is 13.9. The third-order valence-corrected chi connectivity index (χ3v) is 4.30. The molecule has 1 fully saturated rings. The van der Waals surface area contributed by atoms with Crippen LogP contribution in [0.4, 0.5) is 4.79 Å². The number of nitrogens with zero attached hydrogens (tertiary/aromatic N) is 5. The number of aromatic nitrogens is 4. The summed E-state index contributed by atoms with van der Waals surface area (Å²) in [5.74, 6) is 0. The fourth-order valence-corrected chi connectivity index (χ4v) is 2.97.